The monoisotopic (exact) mass is 269 g/mol. The Kier molecular flexibility index (Phi) is 3.38. The van der Waals surface area contributed by atoms with Crippen LogP contribution in [0.2, 0.25) is 0 Å². The average molecular weight is 270 g/mol. The van der Waals surface area contributed by atoms with Gasteiger partial charge in [-0.15, -0.1) is 0 Å². The van der Waals surface area contributed by atoms with Crippen LogP contribution in [0, 0.1) is 5.92 Å². The van der Waals surface area contributed by atoms with Crippen molar-refractivity contribution in [2.24, 2.45) is 5.92 Å². The molecule has 0 bridgehead atoms. The number of carbonyl (C=O) groups is 1. The highest BCUT2D eigenvalue weighted by atomic mass is 79.9. The molecule has 4 heteroatoms. The van der Waals surface area contributed by atoms with E-state index < -0.39 is 0 Å². The Bertz CT molecular complexity index is 344. The van der Waals surface area contributed by atoms with E-state index in [0.29, 0.717) is 13.2 Å². The van der Waals surface area contributed by atoms with Crippen molar-refractivity contribution in [1.82, 2.24) is 0 Å². The van der Waals surface area contributed by atoms with Crippen LogP contribution in [0.1, 0.15) is 6.42 Å². The molecular formula is C11H12BrNO2. The number of benzene rings is 1. The summed E-state index contributed by atoms with van der Waals surface area (Å²) < 4.78 is 6.17. The van der Waals surface area contributed by atoms with Gasteiger partial charge in [-0.2, -0.15) is 0 Å². The van der Waals surface area contributed by atoms with Crippen molar-refractivity contribution in [3.05, 3.63) is 28.7 Å². The van der Waals surface area contributed by atoms with Crippen LogP contribution < -0.4 is 5.32 Å². The standard InChI is InChI=1S/C11H12BrNO2/c12-9-1-3-10(4-2-9)13-11(14)8-5-6-15-7-8/h1-4,8H,5-7H2,(H,13,14). The summed E-state index contributed by atoms with van der Waals surface area (Å²) >= 11 is 3.35. The zero-order valence-corrected chi connectivity index (χ0v) is 9.79. The fourth-order valence-corrected chi connectivity index (χ4v) is 1.78. The Labute approximate surface area is 96.9 Å². The molecule has 1 saturated heterocycles. The summed E-state index contributed by atoms with van der Waals surface area (Å²) in [6, 6.07) is 7.55. The molecule has 80 valence electrons. The van der Waals surface area contributed by atoms with Crippen molar-refractivity contribution in [3.8, 4) is 0 Å². The number of anilines is 1. The van der Waals surface area contributed by atoms with E-state index in [1.54, 1.807) is 0 Å². The third kappa shape index (κ3) is 2.79. The average Bonchev–Trinajstić information content (AvgIpc) is 2.74. The largest absolute Gasteiger partial charge is 0.381 e. The molecule has 1 aromatic carbocycles. The molecule has 3 nitrogen and oxygen atoms in total. The van der Waals surface area contributed by atoms with E-state index in [1.807, 2.05) is 24.3 Å². The first-order valence-corrected chi connectivity index (χ1v) is 5.69. The van der Waals surface area contributed by atoms with Crippen LogP contribution >= 0.6 is 15.9 Å². The first-order valence-electron chi connectivity index (χ1n) is 4.90. The molecule has 1 heterocycles. The third-order valence-electron chi connectivity index (χ3n) is 2.41. The van der Waals surface area contributed by atoms with Gasteiger partial charge in [0.2, 0.25) is 5.91 Å². The van der Waals surface area contributed by atoms with Crippen molar-refractivity contribution < 1.29 is 9.53 Å². The first-order chi connectivity index (χ1) is 7.25. The molecule has 1 unspecified atom stereocenters. The van der Waals surface area contributed by atoms with Gasteiger partial charge in [0, 0.05) is 16.8 Å². The van der Waals surface area contributed by atoms with Crippen LogP contribution in [-0.4, -0.2) is 19.1 Å². The SMILES string of the molecule is O=C(Nc1ccc(Br)cc1)C1CCOC1. The van der Waals surface area contributed by atoms with E-state index in [4.69, 9.17) is 4.74 Å². The zero-order valence-electron chi connectivity index (χ0n) is 8.20. The number of halogens is 1. The number of hydrogen-bond acceptors (Lipinski definition) is 2. The zero-order chi connectivity index (χ0) is 10.7. The highest BCUT2D eigenvalue weighted by molar-refractivity contribution is 9.10. The van der Waals surface area contributed by atoms with E-state index in [9.17, 15) is 4.79 Å². The smallest absolute Gasteiger partial charge is 0.229 e. The first kappa shape index (κ1) is 10.6. The molecule has 1 amide bonds. The lowest BCUT2D eigenvalue weighted by Gasteiger charge is -2.08. The highest BCUT2D eigenvalue weighted by Crippen LogP contribution is 2.17. The minimum Gasteiger partial charge on any atom is -0.381 e. The Morgan fingerprint density at radius 2 is 2.13 bits per heavy atom. The van der Waals surface area contributed by atoms with E-state index >= 15 is 0 Å². The van der Waals surface area contributed by atoms with Crippen molar-refractivity contribution in [1.29, 1.82) is 0 Å². The molecule has 1 aliphatic heterocycles. The summed E-state index contributed by atoms with van der Waals surface area (Å²) in [6.07, 6.45) is 0.822. The van der Waals surface area contributed by atoms with Gasteiger partial charge < -0.3 is 10.1 Å². The van der Waals surface area contributed by atoms with Gasteiger partial charge in [-0.3, -0.25) is 4.79 Å². The van der Waals surface area contributed by atoms with E-state index in [-0.39, 0.29) is 11.8 Å². The minimum absolute atomic E-state index is 0.00801. The molecule has 0 aliphatic carbocycles. The minimum atomic E-state index is 0.00801. The lowest BCUT2D eigenvalue weighted by Crippen LogP contribution is -2.22. The summed E-state index contributed by atoms with van der Waals surface area (Å²) in [7, 11) is 0. The van der Waals surface area contributed by atoms with Crippen LogP contribution in [0.4, 0.5) is 5.69 Å². The van der Waals surface area contributed by atoms with Gasteiger partial charge in [0.05, 0.1) is 12.5 Å². The summed E-state index contributed by atoms with van der Waals surface area (Å²) in [5.41, 5.74) is 0.829. The Morgan fingerprint density at radius 1 is 1.40 bits per heavy atom. The lowest BCUT2D eigenvalue weighted by atomic mass is 10.1. The molecule has 0 spiro atoms. The van der Waals surface area contributed by atoms with Crippen LogP contribution in [0.5, 0.6) is 0 Å². The van der Waals surface area contributed by atoms with Crippen molar-refractivity contribution in [2.75, 3.05) is 18.5 Å². The Morgan fingerprint density at radius 3 is 2.73 bits per heavy atom. The molecule has 1 atom stereocenters. The maximum absolute atomic E-state index is 11.7. The summed E-state index contributed by atoms with van der Waals surface area (Å²) in [5, 5.41) is 2.87. The molecule has 15 heavy (non-hydrogen) atoms. The Hall–Kier alpha value is -0.870. The molecule has 0 saturated carbocycles. The molecule has 0 radical (unpaired) electrons. The maximum Gasteiger partial charge on any atom is 0.229 e. The number of hydrogen-bond donors (Lipinski definition) is 1. The molecule has 1 fully saturated rings. The number of rotatable bonds is 2. The lowest BCUT2D eigenvalue weighted by molar-refractivity contribution is -0.119. The second-order valence-electron chi connectivity index (χ2n) is 3.56. The van der Waals surface area contributed by atoms with Gasteiger partial charge in [0.1, 0.15) is 0 Å². The van der Waals surface area contributed by atoms with Crippen molar-refractivity contribution in [2.45, 2.75) is 6.42 Å². The number of ether oxygens (including phenoxy) is 1. The van der Waals surface area contributed by atoms with E-state index in [2.05, 4.69) is 21.2 Å². The fourth-order valence-electron chi connectivity index (χ4n) is 1.52. The molecular weight excluding hydrogens is 258 g/mol. The molecule has 0 aromatic heterocycles. The molecule has 1 N–H and O–H groups in total. The third-order valence-corrected chi connectivity index (χ3v) is 2.94. The van der Waals surface area contributed by atoms with Gasteiger partial charge in [-0.05, 0) is 30.7 Å². The topological polar surface area (TPSA) is 38.3 Å². The van der Waals surface area contributed by atoms with Crippen LogP contribution in [0.25, 0.3) is 0 Å². The van der Waals surface area contributed by atoms with Gasteiger partial charge in [-0.25, -0.2) is 0 Å². The van der Waals surface area contributed by atoms with E-state index in [1.165, 1.54) is 0 Å². The number of amides is 1. The Balaban J connectivity index is 1.96. The fraction of sp³-hybridized carbons (Fsp3) is 0.364. The van der Waals surface area contributed by atoms with Crippen LogP contribution in [-0.2, 0) is 9.53 Å². The van der Waals surface area contributed by atoms with Gasteiger partial charge in [0.15, 0.2) is 0 Å². The maximum atomic E-state index is 11.7. The van der Waals surface area contributed by atoms with Crippen molar-refractivity contribution in [3.63, 3.8) is 0 Å². The van der Waals surface area contributed by atoms with Gasteiger partial charge >= 0.3 is 0 Å². The normalized spacial score (nSPS) is 20.2. The van der Waals surface area contributed by atoms with Crippen LogP contribution in [0.15, 0.2) is 28.7 Å². The molecule has 2 rings (SSSR count). The summed E-state index contributed by atoms with van der Waals surface area (Å²) in [6.45, 7) is 1.24. The second kappa shape index (κ2) is 4.77. The highest BCUT2D eigenvalue weighted by Gasteiger charge is 2.23. The van der Waals surface area contributed by atoms with E-state index in [0.717, 1.165) is 16.6 Å². The number of nitrogens with one attached hydrogen (secondary N) is 1. The van der Waals surface area contributed by atoms with Gasteiger partial charge in [-0.1, -0.05) is 15.9 Å². The number of carbonyl (C=O) groups excluding carboxylic acids is 1. The predicted octanol–water partition coefficient (Wildman–Crippen LogP) is 2.42. The van der Waals surface area contributed by atoms with Crippen LogP contribution in [0.3, 0.4) is 0 Å². The van der Waals surface area contributed by atoms with Gasteiger partial charge in [0.25, 0.3) is 0 Å². The summed E-state index contributed by atoms with van der Waals surface area (Å²) in [5.74, 6) is 0.0588. The summed E-state index contributed by atoms with van der Waals surface area (Å²) in [4.78, 5) is 11.7. The predicted molar refractivity (Wildman–Crippen MR) is 61.7 cm³/mol. The molecule has 1 aliphatic rings. The van der Waals surface area contributed by atoms with Crippen molar-refractivity contribution >= 4 is 27.5 Å². The quantitative estimate of drug-likeness (QED) is 0.896. The molecule has 1 aromatic rings. The second-order valence-corrected chi connectivity index (χ2v) is 4.47.